The predicted octanol–water partition coefficient (Wildman–Crippen LogP) is 3.46. The van der Waals surface area contributed by atoms with Gasteiger partial charge in [-0.15, -0.1) is 10.1 Å². The first-order chi connectivity index (χ1) is 9.57. The summed E-state index contributed by atoms with van der Waals surface area (Å²) in [5, 5.41) is 9.23. The Bertz CT molecular complexity index is 573. The lowest BCUT2D eigenvalue weighted by molar-refractivity contribution is -0.717. The molecule has 7 nitrogen and oxygen atoms in total. The summed E-state index contributed by atoms with van der Waals surface area (Å²) in [4.78, 5) is 10.4. The van der Waals surface area contributed by atoms with Gasteiger partial charge in [0.25, 0.3) is 0 Å². The van der Waals surface area contributed by atoms with Gasteiger partial charge in [-0.05, 0) is 24.3 Å². The van der Waals surface area contributed by atoms with Crippen LogP contribution in [-0.4, -0.2) is 5.09 Å². The molecule has 2 aromatic rings. The van der Waals surface area contributed by atoms with E-state index < -0.39 is 12.9 Å². The summed E-state index contributed by atoms with van der Waals surface area (Å²) in [5.74, 6) is 0.266. The highest BCUT2D eigenvalue weighted by atomic mass is 31.2. The Kier molecular flexibility index (Phi) is 4.22. The molecule has 2 aromatic carbocycles. The second-order valence-corrected chi connectivity index (χ2v) is 4.98. The molecule has 2 rings (SSSR count). The van der Waals surface area contributed by atoms with Crippen molar-refractivity contribution in [2.75, 3.05) is 0 Å². The predicted molar refractivity (Wildman–Crippen MR) is 69.8 cm³/mol. The Morgan fingerprint density at radius 3 is 1.60 bits per heavy atom. The molecule has 20 heavy (non-hydrogen) atoms. The minimum atomic E-state index is -4.42. The van der Waals surface area contributed by atoms with Crippen LogP contribution in [0.15, 0.2) is 60.7 Å². The molecule has 0 bridgehead atoms. The largest absolute Gasteiger partial charge is 0.617 e. The number of phosphoric ester groups is 1. The maximum Gasteiger partial charge on any atom is 0.617 e. The molecule has 104 valence electrons. The van der Waals surface area contributed by atoms with Gasteiger partial charge in [0.05, 0.1) is 0 Å². The third-order valence-electron chi connectivity index (χ3n) is 2.09. The molecule has 0 aliphatic heterocycles. The van der Waals surface area contributed by atoms with Crippen molar-refractivity contribution in [3.8, 4) is 11.5 Å². The molecule has 0 saturated heterocycles. The van der Waals surface area contributed by atoms with Crippen molar-refractivity contribution < 1.29 is 23.3 Å². The van der Waals surface area contributed by atoms with Gasteiger partial charge in [-0.25, -0.2) is 4.57 Å². The first-order valence-electron chi connectivity index (χ1n) is 5.51. The second-order valence-electron chi connectivity index (χ2n) is 3.56. The van der Waals surface area contributed by atoms with E-state index in [1.807, 2.05) is 0 Å². The highest BCUT2D eigenvalue weighted by Gasteiger charge is 2.34. The van der Waals surface area contributed by atoms with Crippen LogP contribution in [0.25, 0.3) is 0 Å². The van der Waals surface area contributed by atoms with E-state index in [0.29, 0.717) is 0 Å². The van der Waals surface area contributed by atoms with Gasteiger partial charge in [-0.1, -0.05) is 36.4 Å². The summed E-state index contributed by atoms with van der Waals surface area (Å²) in [6.07, 6.45) is 0. The zero-order valence-electron chi connectivity index (χ0n) is 10.1. The fourth-order valence-electron chi connectivity index (χ4n) is 1.35. The molecule has 0 N–H and O–H groups in total. The lowest BCUT2D eigenvalue weighted by atomic mass is 10.3. The molecule has 0 atom stereocenters. The van der Waals surface area contributed by atoms with Crippen LogP contribution in [0.4, 0.5) is 0 Å². The first kappa shape index (κ1) is 13.9. The SMILES string of the molecule is O=[N+]([O-])OP(=O)(Oc1ccccc1)Oc1ccccc1. The average Bonchev–Trinajstić information content (AvgIpc) is 2.39. The number of benzene rings is 2. The van der Waals surface area contributed by atoms with E-state index >= 15 is 0 Å². The van der Waals surface area contributed by atoms with Gasteiger partial charge in [0.2, 0.25) is 0 Å². The van der Waals surface area contributed by atoms with E-state index in [1.54, 1.807) is 36.4 Å². The lowest BCUT2D eigenvalue weighted by Gasteiger charge is -2.16. The number of rotatable bonds is 6. The average molecular weight is 295 g/mol. The van der Waals surface area contributed by atoms with Crippen LogP contribution < -0.4 is 9.05 Å². The van der Waals surface area contributed by atoms with E-state index in [0.717, 1.165) is 0 Å². The van der Waals surface area contributed by atoms with Crippen molar-refractivity contribution in [3.63, 3.8) is 0 Å². The number of hydrogen-bond donors (Lipinski definition) is 0. The van der Waals surface area contributed by atoms with Crippen LogP contribution in [0.1, 0.15) is 0 Å². The van der Waals surface area contributed by atoms with Crippen molar-refractivity contribution >= 4 is 7.82 Å². The molecular weight excluding hydrogens is 285 g/mol. The maximum atomic E-state index is 12.3. The van der Waals surface area contributed by atoms with Gasteiger partial charge in [0.1, 0.15) is 11.5 Å². The summed E-state index contributed by atoms with van der Waals surface area (Å²) >= 11 is 0. The van der Waals surface area contributed by atoms with E-state index in [9.17, 15) is 14.7 Å². The number of phosphoric acid groups is 1. The number of hydrogen-bond acceptors (Lipinski definition) is 6. The van der Waals surface area contributed by atoms with Gasteiger partial charge < -0.3 is 9.05 Å². The Hall–Kier alpha value is -2.53. The molecule has 0 radical (unpaired) electrons. The molecule has 0 saturated carbocycles. The summed E-state index contributed by atoms with van der Waals surface area (Å²) in [6, 6.07) is 15.8. The monoisotopic (exact) mass is 295 g/mol. The van der Waals surface area contributed by atoms with E-state index in [4.69, 9.17) is 9.05 Å². The minimum absolute atomic E-state index is 0.133. The number of para-hydroxylation sites is 2. The third-order valence-corrected chi connectivity index (χ3v) is 3.29. The third kappa shape index (κ3) is 4.00. The molecule has 0 aliphatic carbocycles. The highest BCUT2D eigenvalue weighted by Crippen LogP contribution is 2.49. The Morgan fingerprint density at radius 1 is 0.850 bits per heavy atom. The van der Waals surface area contributed by atoms with Gasteiger partial charge in [-0.3, -0.25) is 0 Å². The highest BCUT2D eigenvalue weighted by molar-refractivity contribution is 7.49. The molecule has 0 aromatic heterocycles. The molecule has 0 unspecified atom stereocenters. The van der Waals surface area contributed by atoms with E-state index in [2.05, 4.69) is 4.62 Å². The molecule has 0 amide bonds. The van der Waals surface area contributed by atoms with Crippen molar-refractivity contribution in [2.45, 2.75) is 0 Å². The van der Waals surface area contributed by atoms with Crippen LogP contribution in [0.2, 0.25) is 0 Å². The second kappa shape index (κ2) is 6.08. The van der Waals surface area contributed by atoms with Crippen LogP contribution in [-0.2, 0) is 9.19 Å². The molecule has 8 heteroatoms. The standard InChI is InChI=1S/C12H10NO6P/c14-13(15)19-20(16,17-11-7-3-1-4-8-11)18-12-9-5-2-6-10-12/h1-10H. The van der Waals surface area contributed by atoms with Gasteiger partial charge in [0.15, 0.2) is 0 Å². The molecule has 0 aliphatic rings. The normalized spacial score (nSPS) is 10.6. The van der Waals surface area contributed by atoms with Crippen molar-refractivity contribution in [3.05, 3.63) is 70.8 Å². The molecule has 0 fully saturated rings. The quantitative estimate of drug-likeness (QED) is 0.460. The smallest absolute Gasteiger partial charge is 0.397 e. The number of nitrogens with zero attached hydrogens (tertiary/aromatic N) is 1. The topological polar surface area (TPSA) is 87.9 Å². The fraction of sp³-hybridized carbons (Fsp3) is 0. The Balaban J connectivity index is 2.21. The van der Waals surface area contributed by atoms with Crippen molar-refractivity contribution in [2.24, 2.45) is 0 Å². The molecular formula is C12H10NO6P. The zero-order valence-corrected chi connectivity index (χ0v) is 11.0. The summed E-state index contributed by atoms with van der Waals surface area (Å²) in [6.45, 7) is 0. The Labute approximate surface area is 114 Å². The molecule has 0 heterocycles. The van der Waals surface area contributed by atoms with Gasteiger partial charge in [-0.2, -0.15) is 4.62 Å². The fourth-order valence-corrected chi connectivity index (χ4v) is 2.38. The van der Waals surface area contributed by atoms with Crippen molar-refractivity contribution in [1.29, 1.82) is 0 Å². The zero-order chi connectivity index (χ0) is 14.4. The van der Waals surface area contributed by atoms with Crippen LogP contribution in [0, 0.1) is 10.1 Å². The minimum Gasteiger partial charge on any atom is -0.397 e. The van der Waals surface area contributed by atoms with Crippen LogP contribution in [0.5, 0.6) is 11.5 Å². The summed E-state index contributed by atoms with van der Waals surface area (Å²) in [5.41, 5.74) is 0. The maximum absolute atomic E-state index is 12.3. The first-order valence-corrected chi connectivity index (χ1v) is 6.97. The van der Waals surface area contributed by atoms with Crippen molar-refractivity contribution in [1.82, 2.24) is 0 Å². The summed E-state index contributed by atoms with van der Waals surface area (Å²) < 4.78 is 26.3. The van der Waals surface area contributed by atoms with Crippen LogP contribution >= 0.6 is 7.82 Å². The van der Waals surface area contributed by atoms with Crippen LogP contribution in [0.3, 0.4) is 0 Å². The van der Waals surface area contributed by atoms with E-state index in [1.165, 1.54) is 24.3 Å². The molecule has 0 spiro atoms. The lowest BCUT2D eigenvalue weighted by Crippen LogP contribution is -2.09. The summed E-state index contributed by atoms with van der Waals surface area (Å²) in [7, 11) is -4.42. The Morgan fingerprint density at radius 2 is 1.25 bits per heavy atom. The van der Waals surface area contributed by atoms with Gasteiger partial charge >= 0.3 is 12.9 Å². The van der Waals surface area contributed by atoms with Gasteiger partial charge in [0, 0.05) is 0 Å². The van der Waals surface area contributed by atoms with E-state index in [-0.39, 0.29) is 11.5 Å².